The predicted molar refractivity (Wildman–Crippen MR) is 72.5 cm³/mol. The van der Waals surface area contributed by atoms with E-state index in [1.807, 2.05) is 0 Å². The highest BCUT2D eigenvalue weighted by Gasteiger charge is 2.12. The molecule has 2 N–H and O–H groups in total. The fourth-order valence-corrected chi connectivity index (χ4v) is 1.85. The molecule has 3 rings (SSSR count). The maximum Gasteiger partial charge on any atom is 0.437 e. The lowest BCUT2D eigenvalue weighted by Gasteiger charge is -2.00. The van der Waals surface area contributed by atoms with Crippen molar-refractivity contribution in [2.75, 3.05) is 0 Å². The van der Waals surface area contributed by atoms with Gasteiger partial charge in [-0.15, -0.1) is 5.10 Å². The molecule has 2 aromatic heterocycles. The SMILES string of the molecule is NC(=O)c1ccc(Cn2nc(-c3ccco3)oc2=O)cc1. The second kappa shape index (κ2) is 5.12. The minimum Gasteiger partial charge on any atom is -0.459 e. The maximum atomic E-state index is 11.7. The summed E-state index contributed by atoms with van der Waals surface area (Å²) in [7, 11) is 0. The van der Waals surface area contributed by atoms with Crippen LogP contribution < -0.4 is 11.5 Å². The Bertz CT molecular complexity index is 813. The van der Waals surface area contributed by atoms with Gasteiger partial charge in [-0.1, -0.05) is 12.1 Å². The molecule has 0 spiro atoms. The molecule has 3 aromatic rings. The van der Waals surface area contributed by atoms with E-state index in [0.717, 1.165) is 5.56 Å². The van der Waals surface area contributed by atoms with Gasteiger partial charge in [0.15, 0.2) is 5.76 Å². The largest absolute Gasteiger partial charge is 0.459 e. The third kappa shape index (κ3) is 2.62. The monoisotopic (exact) mass is 285 g/mol. The molecule has 106 valence electrons. The zero-order valence-corrected chi connectivity index (χ0v) is 10.9. The summed E-state index contributed by atoms with van der Waals surface area (Å²) in [5.74, 6) is -0.575. The lowest BCUT2D eigenvalue weighted by molar-refractivity contribution is 0.100. The Morgan fingerprint density at radius 1 is 1.24 bits per heavy atom. The Hall–Kier alpha value is -3.09. The number of nitrogens with two attached hydrogens (primary N) is 1. The van der Waals surface area contributed by atoms with E-state index in [1.165, 1.54) is 10.9 Å². The molecule has 0 bridgehead atoms. The molecule has 0 unspecified atom stereocenters. The summed E-state index contributed by atoms with van der Waals surface area (Å²) < 4.78 is 11.3. The van der Waals surface area contributed by atoms with Crippen LogP contribution in [0.4, 0.5) is 0 Å². The number of benzene rings is 1. The van der Waals surface area contributed by atoms with Crippen LogP contribution in [-0.2, 0) is 6.54 Å². The molecule has 1 amide bonds. The zero-order chi connectivity index (χ0) is 14.8. The van der Waals surface area contributed by atoms with Crippen LogP contribution in [0.15, 0.2) is 56.3 Å². The minimum atomic E-state index is -0.583. The van der Waals surface area contributed by atoms with E-state index in [9.17, 15) is 9.59 Å². The van der Waals surface area contributed by atoms with Crippen molar-refractivity contribution >= 4 is 5.91 Å². The quantitative estimate of drug-likeness (QED) is 0.776. The average Bonchev–Trinajstić information content (AvgIpc) is 3.10. The van der Waals surface area contributed by atoms with Crippen LogP contribution in [0.1, 0.15) is 15.9 Å². The van der Waals surface area contributed by atoms with Gasteiger partial charge in [-0.3, -0.25) is 4.79 Å². The molecular weight excluding hydrogens is 274 g/mol. The van der Waals surface area contributed by atoms with E-state index >= 15 is 0 Å². The topological polar surface area (TPSA) is 104 Å². The van der Waals surface area contributed by atoms with Crippen LogP contribution >= 0.6 is 0 Å². The molecule has 7 heteroatoms. The van der Waals surface area contributed by atoms with Crippen molar-refractivity contribution in [1.29, 1.82) is 0 Å². The first-order valence-electron chi connectivity index (χ1n) is 6.14. The van der Waals surface area contributed by atoms with Crippen LogP contribution in [0.25, 0.3) is 11.7 Å². The van der Waals surface area contributed by atoms with Crippen molar-refractivity contribution in [3.63, 3.8) is 0 Å². The van der Waals surface area contributed by atoms with Gasteiger partial charge >= 0.3 is 5.76 Å². The summed E-state index contributed by atoms with van der Waals surface area (Å²) in [5, 5.41) is 4.06. The van der Waals surface area contributed by atoms with E-state index in [2.05, 4.69) is 5.10 Å². The summed E-state index contributed by atoms with van der Waals surface area (Å²) in [6, 6.07) is 9.92. The van der Waals surface area contributed by atoms with Gasteiger partial charge in [-0.2, -0.15) is 4.68 Å². The van der Waals surface area contributed by atoms with Crippen molar-refractivity contribution in [1.82, 2.24) is 9.78 Å². The molecule has 2 heterocycles. The molecule has 7 nitrogen and oxygen atoms in total. The van der Waals surface area contributed by atoms with Gasteiger partial charge in [-0.05, 0) is 29.8 Å². The molecule has 0 fully saturated rings. The van der Waals surface area contributed by atoms with Crippen molar-refractivity contribution in [2.24, 2.45) is 5.73 Å². The zero-order valence-electron chi connectivity index (χ0n) is 10.9. The standard InChI is InChI=1S/C14H11N3O4/c15-12(18)10-5-3-9(4-6-10)8-17-14(19)21-13(16-17)11-2-1-7-20-11/h1-7H,8H2,(H2,15,18). The van der Waals surface area contributed by atoms with Crippen LogP contribution in [0.3, 0.4) is 0 Å². The molecule has 0 saturated carbocycles. The van der Waals surface area contributed by atoms with Gasteiger partial charge in [0.1, 0.15) is 0 Å². The smallest absolute Gasteiger partial charge is 0.437 e. The van der Waals surface area contributed by atoms with Gasteiger partial charge in [-0.25, -0.2) is 4.79 Å². The van der Waals surface area contributed by atoms with Gasteiger partial charge in [0, 0.05) is 5.56 Å². The van der Waals surface area contributed by atoms with E-state index in [4.69, 9.17) is 14.6 Å². The Morgan fingerprint density at radius 3 is 2.62 bits per heavy atom. The fraction of sp³-hybridized carbons (Fsp3) is 0.0714. The van der Waals surface area contributed by atoms with Crippen LogP contribution in [0.5, 0.6) is 0 Å². The first kappa shape index (κ1) is 12.9. The van der Waals surface area contributed by atoms with E-state index in [1.54, 1.807) is 36.4 Å². The molecule has 0 aliphatic heterocycles. The predicted octanol–water partition coefficient (Wildman–Crippen LogP) is 1.24. The van der Waals surface area contributed by atoms with Gasteiger partial charge in [0.2, 0.25) is 5.91 Å². The number of aromatic nitrogens is 2. The third-order valence-corrected chi connectivity index (χ3v) is 2.91. The van der Waals surface area contributed by atoms with Crippen LogP contribution in [0, 0.1) is 0 Å². The fourth-order valence-electron chi connectivity index (χ4n) is 1.85. The number of carbonyl (C=O) groups excluding carboxylic acids is 1. The summed E-state index contributed by atoms with van der Waals surface area (Å²) in [6.07, 6.45) is 1.47. The van der Waals surface area contributed by atoms with E-state index < -0.39 is 11.7 Å². The maximum absolute atomic E-state index is 11.7. The number of carbonyl (C=O) groups is 1. The number of primary amides is 1. The van der Waals surface area contributed by atoms with Crippen LogP contribution in [0.2, 0.25) is 0 Å². The Kier molecular flexibility index (Phi) is 3.15. The number of rotatable bonds is 4. The summed E-state index contributed by atoms with van der Waals surface area (Å²) >= 11 is 0. The minimum absolute atomic E-state index is 0.124. The first-order chi connectivity index (χ1) is 10.1. The molecule has 1 aromatic carbocycles. The van der Waals surface area contributed by atoms with Crippen LogP contribution in [-0.4, -0.2) is 15.7 Å². The molecular formula is C14H11N3O4. The molecule has 0 aliphatic rings. The van der Waals surface area contributed by atoms with Crippen molar-refractivity contribution < 1.29 is 13.6 Å². The second-order valence-corrected chi connectivity index (χ2v) is 4.37. The van der Waals surface area contributed by atoms with E-state index in [0.29, 0.717) is 11.3 Å². The molecule has 0 saturated heterocycles. The average molecular weight is 285 g/mol. The molecule has 0 radical (unpaired) electrons. The molecule has 21 heavy (non-hydrogen) atoms. The highest BCUT2D eigenvalue weighted by atomic mass is 16.4. The lowest BCUT2D eigenvalue weighted by Crippen LogP contribution is -2.17. The number of hydrogen-bond acceptors (Lipinski definition) is 5. The summed E-state index contributed by atoms with van der Waals surface area (Å²) in [5.41, 5.74) is 6.36. The van der Waals surface area contributed by atoms with Gasteiger partial charge in [0.25, 0.3) is 5.89 Å². The first-order valence-corrected chi connectivity index (χ1v) is 6.14. The summed E-state index contributed by atoms with van der Waals surface area (Å²) in [6.45, 7) is 0.224. The summed E-state index contributed by atoms with van der Waals surface area (Å²) in [4.78, 5) is 22.7. The third-order valence-electron chi connectivity index (χ3n) is 2.91. The number of furan rings is 1. The Labute approximate surface area is 118 Å². The van der Waals surface area contributed by atoms with Crippen molar-refractivity contribution in [2.45, 2.75) is 6.54 Å². The molecule has 0 atom stereocenters. The van der Waals surface area contributed by atoms with Gasteiger partial charge < -0.3 is 14.6 Å². The molecule has 0 aliphatic carbocycles. The lowest BCUT2D eigenvalue weighted by atomic mass is 10.1. The second-order valence-electron chi connectivity index (χ2n) is 4.37. The number of amides is 1. The van der Waals surface area contributed by atoms with Crippen molar-refractivity contribution in [3.05, 3.63) is 64.3 Å². The van der Waals surface area contributed by atoms with Crippen molar-refractivity contribution in [3.8, 4) is 11.7 Å². The van der Waals surface area contributed by atoms with E-state index in [-0.39, 0.29) is 12.4 Å². The van der Waals surface area contributed by atoms with Gasteiger partial charge in [0.05, 0.1) is 12.8 Å². The number of nitrogens with zero attached hydrogens (tertiary/aromatic N) is 2. The Morgan fingerprint density at radius 2 is 2.00 bits per heavy atom. The highest BCUT2D eigenvalue weighted by molar-refractivity contribution is 5.92. The number of hydrogen-bond donors (Lipinski definition) is 1. The Balaban J connectivity index is 1.85. The highest BCUT2D eigenvalue weighted by Crippen LogP contribution is 2.15. The normalized spacial score (nSPS) is 10.7.